The fraction of sp³-hybridized carbons (Fsp3) is 0.263. The first kappa shape index (κ1) is 18.8. The fourth-order valence-corrected chi connectivity index (χ4v) is 2.81. The number of carbonyl (C=O) groups excluding carboxylic acids is 1. The van der Waals surface area contributed by atoms with Gasteiger partial charge in [0.15, 0.2) is 5.58 Å². The predicted molar refractivity (Wildman–Crippen MR) is 93.3 cm³/mol. The highest BCUT2D eigenvalue weighted by atomic mass is 19.4. The molecule has 0 radical (unpaired) electrons. The number of oxazole rings is 1. The van der Waals surface area contributed by atoms with E-state index in [1.54, 1.807) is 31.2 Å². The summed E-state index contributed by atoms with van der Waals surface area (Å²) in [6, 6.07) is 10.8. The fourth-order valence-electron chi connectivity index (χ4n) is 2.81. The van der Waals surface area contributed by atoms with Gasteiger partial charge in [-0.05, 0) is 43.2 Å². The zero-order valence-electron chi connectivity index (χ0n) is 14.4. The van der Waals surface area contributed by atoms with E-state index in [1.165, 1.54) is 16.7 Å². The smallest absolute Gasteiger partial charge is 0.408 e. The maximum Gasteiger partial charge on any atom is 0.420 e. The molecule has 5 nitrogen and oxygen atoms in total. The maximum atomic E-state index is 12.6. The highest BCUT2D eigenvalue weighted by Gasteiger charge is 2.29. The Balaban J connectivity index is 1.62. The normalized spacial score (nSPS) is 12.9. The lowest BCUT2D eigenvalue weighted by atomic mass is 10.1. The number of para-hydroxylation sites is 2. The molecule has 0 aliphatic carbocycles. The van der Waals surface area contributed by atoms with Crippen LogP contribution in [0.5, 0.6) is 0 Å². The van der Waals surface area contributed by atoms with Crippen LogP contribution >= 0.6 is 0 Å². The molecule has 8 heteroatoms. The Bertz CT molecular complexity index is 1000. The molecular weight excluding hydrogens is 361 g/mol. The van der Waals surface area contributed by atoms with Gasteiger partial charge in [0.2, 0.25) is 5.91 Å². The van der Waals surface area contributed by atoms with E-state index in [9.17, 15) is 22.8 Å². The second kappa shape index (κ2) is 7.30. The maximum absolute atomic E-state index is 12.6. The van der Waals surface area contributed by atoms with Gasteiger partial charge in [0, 0.05) is 6.54 Å². The van der Waals surface area contributed by atoms with E-state index < -0.39 is 23.5 Å². The van der Waals surface area contributed by atoms with E-state index in [1.807, 2.05) is 0 Å². The van der Waals surface area contributed by atoms with E-state index in [0.717, 1.165) is 12.1 Å². The molecular formula is C19H17F3N2O3. The summed E-state index contributed by atoms with van der Waals surface area (Å²) in [4.78, 5) is 24.4. The van der Waals surface area contributed by atoms with Gasteiger partial charge >= 0.3 is 11.9 Å². The van der Waals surface area contributed by atoms with Gasteiger partial charge in [0.1, 0.15) is 6.04 Å². The number of nitrogens with zero attached hydrogens (tertiary/aromatic N) is 1. The van der Waals surface area contributed by atoms with Crippen LogP contribution in [0.15, 0.2) is 57.7 Å². The van der Waals surface area contributed by atoms with Gasteiger partial charge in [-0.15, -0.1) is 0 Å². The van der Waals surface area contributed by atoms with E-state index in [4.69, 9.17) is 4.42 Å². The lowest BCUT2D eigenvalue weighted by Crippen LogP contribution is -2.35. The van der Waals surface area contributed by atoms with Crippen LogP contribution < -0.4 is 11.1 Å². The van der Waals surface area contributed by atoms with E-state index in [0.29, 0.717) is 23.1 Å². The number of hydrogen-bond donors (Lipinski definition) is 1. The molecule has 27 heavy (non-hydrogen) atoms. The molecule has 0 spiro atoms. The Morgan fingerprint density at radius 2 is 1.81 bits per heavy atom. The summed E-state index contributed by atoms with van der Waals surface area (Å²) in [5.41, 5.74) is 0.872. The molecule has 0 aliphatic heterocycles. The Labute approximate surface area is 152 Å². The summed E-state index contributed by atoms with van der Waals surface area (Å²) in [5, 5.41) is 2.69. The Kier molecular flexibility index (Phi) is 5.07. The van der Waals surface area contributed by atoms with Crippen molar-refractivity contribution in [2.24, 2.45) is 0 Å². The average molecular weight is 378 g/mol. The van der Waals surface area contributed by atoms with Gasteiger partial charge in [-0.3, -0.25) is 9.36 Å². The molecule has 0 aliphatic rings. The summed E-state index contributed by atoms with van der Waals surface area (Å²) in [6.45, 7) is 1.82. The number of fused-ring (bicyclic) bond motifs is 1. The van der Waals surface area contributed by atoms with E-state index in [-0.39, 0.29) is 12.5 Å². The summed E-state index contributed by atoms with van der Waals surface area (Å²) in [7, 11) is 0. The number of benzene rings is 2. The molecule has 1 heterocycles. The molecule has 0 saturated carbocycles. The van der Waals surface area contributed by atoms with E-state index in [2.05, 4.69) is 5.32 Å². The summed E-state index contributed by atoms with van der Waals surface area (Å²) >= 11 is 0. The molecule has 3 rings (SSSR count). The Hall–Kier alpha value is -3.03. The summed E-state index contributed by atoms with van der Waals surface area (Å²) in [6.07, 6.45) is -4.00. The van der Waals surface area contributed by atoms with Crippen molar-refractivity contribution >= 4 is 17.0 Å². The van der Waals surface area contributed by atoms with Gasteiger partial charge < -0.3 is 9.73 Å². The van der Waals surface area contributed by atoms with E-state index >= 15 is 0 Å². The van der Waals surface area contributed by atoms with Gasteiger partial charge in [0.05, 0.1) is 11.1 Å². The van der Waals surface area contributed by atoms with Crippen LogP contribution in [-0.2, 0) is 17.4 Å². The minimum atomic E-state index is -4.37. The number of amides is 1. The molecule has 1 aromatic heterocycles. The zero-order chi connectivity index (χ0) is 19.6. The molecule has 0 fully saturated rings. The van der Waals surface area contributed by atoms with Crippen molar-refractivity contribution in [2.75, 3.05) is 6.54 Å². The molecule has 1 unspecified atom stereocenters. The van der Waals surface area contributed by atoms with Crippen molar-refractivity contribution < 1.29 is 22.4 Å². The van der Waals surface area contributed by atoms with Crippen LogP contribution in [0.1, 0.15) is 24.1 Å². The number of alkyl halides is 3. The van der Waals surface area contributed by atoms with Crippen molar-refractivity contribution in [1.29, 1.82) is 0 Å². The highest BCUT2D eigenvalue weighted by molar-refractivity contribution is 5.82. The van der Waals surface area contributed by atoms with Gasteiger partial charge in [-0.25, -0.2) is 4.79 Å². The summed E-state index contributed by atoms with van der Waals surface area (Å²) < 4.78 is 44.0. The van der Waals surface area contributed by atoms with Crippen LogP contribution in [0, 0.1) is 0 Å². The second-order valence-corrected chi connectivity index (χ2v) is 6.12. The zero-order valence-corrected chi connectivity index (χ0v) is 14.4. The van der Waals surface area contributed by atoms with Gasteiger partial charge in [-0.1, -0.05) is 24.3 Å². The number of halogens is 3. The van der Waals surface area contributed by atoms with Crippen LogP contribution in [0.3, 0.4) is 0 Å². The highest BCUT2D eigenvalue weighted by Crippen LogP contribution is 2.29. The third kappa shape index (κ3) is 4.05. The number of carbonyl (C=O) groups is 1. The van der Waals surface area contributed by atoms with Crippen LogP contribution in [0.4, 0.5) is 13.2 Å². The van der Waals surface area contributed by atoms with Crippen molar-refractivity contribution in [3.63, 3.8) is 0 Å². The molecule has 1 atom stereocenters. The molecule has 3 aromatic rings. The lowest BCUT2D eigenvalue weighted by molar-refractivity contribution is -0.137. The standard InChI is InChI=1S/C19H17F3N2O3/c1-12(24-15-4-2-3-5-16(15)27-18(24)26)17(25)23-11-10-13-6-8-14(9-7-13)19(20,21)22/h2-9,12H,10-11H2,1H3,(H,23,25). The van der Waals surface area contributed by atoms with Crippen molar-refractivity contribution in [1.82, 2.24) is 9.88 Å². The molecule has 1 amide bonds. The largest absolute Gasteiger partial charge is 0.420 e. The third-order valence-corrected chi connectivity index (χ3v) is 4.28. The topological polar surface area (TPSA) is 64.2 Å². The second-order valence-electron chi connectivity index (χ2n) is 6.12. The number of nitrogens with one attached hydrogen (secondary N) is 1. The first-order valence-electron chi connectivity index (χ1n) is 8.31. The molecule has 0 bridgehead atoms. The molecule has 1 N–H and O–H groups in total. The van der Waals surface area contributed by atoms with Gasteiger partial charge in [0.25, 0.3) is 0 Å². The Morgan fingerprint density at radius 1 is 1.15 bits per heavy atom. The minimum Gasteiger partial charge on any atom is -0.408 e. The lowest BCUT2D eigenvalue weighted by Gasteiger charge is -2.13. The Morgan fingerprint density at radius 3 is 2.48 bits per heavy atom. The first-order valence-corrected chi connectivity index (χ1v) is 8.31. The van der Waals surface area contributed by atoms with Gasteiger partial charge in [-0.2, -0.15) is 13.2 Å². The minimum absolute atomic E-state index is 0.235. The SMILES string of the molecule is CC(C(=O)NCCc1ccc(C(F)(F)F)cc1)n1c(=O)oc2ccccc21. The summed E-state index contributed by atoms with van der Waals surface area (Å²) in [5.74, 6) is -1.00. The molecule has 142 valence electrons. The number of hydrogen-bond acceptors (Lipinski definition) is 3. The van der Waals surface area contributed by atoms with Crippen LogP contribution in [0.25, 0.3) is 11.1 Å². The predicted octanol–water partition coefficient (Wildman–Crippen LogP) is 3.53. The average Bonchev–Trinajstić information content (AvgIpc) is 2.96. The quantitative estimate of drug-likeness (QED) is 0.739. The van der Waals surface area contributed by atoms with Crippen molar-refractivity contribution in [3.05, 3.63) is 70.2 Å². The molecule has 0 saturated heterocycles. The van der Waals surface area contributed by atoms with Crippen LogP contribution in [0.2, 0.25) is 0 Å². The van der Waals surface area contributed by atoms with Crippen LogP contribution in [-0.4, -0.2) is 17.0 Å². The number of rotatable bonds is 5. The number of aromatic nitrogens is 1. The monoisotopic (exact) mass is 378 g/mol. The molecule has 2 aromatic carbocycles. The van der Waals surface area contributed by atoms with Crippen molar-refractivity contribution in [3.8, 4) is 0 Å². The third-order valence-electron chi connectivity index (χ3n) is 4.28. The van der Waals surface area contributed by atoms with Crippen molar-refractivity contribution in [2.45, 2.75) is 25.6 Å². The first-order chi connectivity index (χ1) is 12.8.